The Morgan fingerprint density at radius 3 is 2.23 bits per heavy atom. The molecule has 3 aromatic rings. The predicted octanol–water partition coefficient (Wildman–Crippen LogP) is 3.62. The van der Waals surface area contributed by atoms with Crippen LogP contribution in [-0.4, -0.2) is 26.7 Å². The van der Waals surface area contributed by atoms with Crippen molar-refractivity contribution in [3.63, 3.8) is 0 Å². The number of pyridine rings is 1. The van der Waals surface area contributed by atoms with Gasteiger partial charge < -0.3 is 5.11 Å². The highest BCUT2D eigenvalue weighted by Gasteiger charge is 2.47. The molecule has 4 rings (SSSR count). The Hall–Kier alpha value is -4.33. The van der Waals surface area contributed by atoms with E-state index in [1.165, 1.54) is 35.4 Å². The lowest BCUT2D eigenvalue weighted by Gasteiger charge is -2.24. The molecule has 0 aliphatic carbocycles. The Labute approximate surface area is 170 Å². The minimum Gasteiger partial charge on any atom is -0.507 e. The summed E-state index contributed by atoms with van der Waals surface area (Å²) in [5.41, 5.74) is 0.553. The minimum atomic E-state index is -0.892. The van der Waals surface area contributed by atoms with Gasteiger partial charge in [-0.05, 0) is 29.8 Å². The van der Waals surface area contributed by atoms with Crippen LogP contribution in [0.4, 0.5) is 11.5 Å². The second-order valence-corrected chi connectivity index (χ2v) is 6.57. The van der Waals surface area contributed by atoms with Crippen LogP contribution in [-0.2, 0) is 9.59 Å². The summed E-state index contributed by atoms with van der Waals surface area (Å²) in [6.45, 7) is 0. The average Bonchev–Trinajstić information content (AvgIpc) is 3.05. The molecule has 1 aliphatic heterocycles. The van der Waals surface area contributed by atoms with Crippen molar-refractivity contribution in [2.75, 3.05) is 4.90 Å². The number of aromatic nitrogens is 1. The van der Waals surface area contributed by atoms with Crippen LogP contribution >= 0.6 is 0 Å². The van der Waals surface area contributed by atoms with Crippen LogP contribution in [0.1, 0.15) is 17.2 Å². The fourth-order valence-electron chi connectivity index (χ4n) is 3.41. The van der Waals surface area contributed by atoms with Crippen molar-refractivity contribution >= 4 is 29.0 Å². The monoisotopic (exact) mass is 401 g/mol. The maximum absolute atomic E-state index is 12.9. The highest BCUT2D eigenvalue weighted by atomic mass is 16.6. The number of aliphatic hydroxyl groups excluding tert-OH is 1. The van der Waals surface area contributed by atoms with Crippen molar-refractivity contribution in [3.05, 3.63) is 106 Å². The summed E-state index contributed by atoms with van der Waals surface area (Å²) in [7, 11) is 0. The van der Waals surface area contributed by atoms with Gasteiger partial charge >= 0.3 is 5.91 Å². The maximum atomic E-state index is 12.9. The summed E-state index contributed by atoms with van der Waals surface area (Å²) in [5, 5.41) is 21.8. The second-order valence-electron chi connectivity index (χ2n) is 6.57. The molecular weight excluding hydrogens is 386 g/mol. The summed E-state index contributed by atoms with van der Waals surface area (Å²) in [6.07, 6.45) is 1.51. The summed E-state index contributed by atoms with van der Waals surface area (Å²) >= 11 is 0. The Bertz CT molecular complexity index is 1160. The average molecular weight is 401 g/mol. The third kappa shape index (κ3) is 3.20. The highest BCUT2D eigenvalue weighted by molar-refractivity contribution is 6.51. The zero-order valence-electron chi connectivity index (χ0n) is 15.5. The standard InChI is InChI=1S/C22H15N3O5/c26-20(15-9-11-16(12-10-15)25(29)30)18-19(14-6-2-1-3-7-14)24(22(28)21(18)27)17-8-4-5-13-23-17/h1-13,19,26H/t19-/m0/s1. The molecule has 0 saturated carbocycles. The van der Waals surface area contributed by atoms with Crippen LogP contribution < -0.4 is 4.90 Å². The van der Waals surface area contributed by atoms with Crippen LogP contribution in [0.3, 0.4) is 0 Å². The molecule has 1 aromatic heterocycles. The number of Topliss-reactive ketones (excluding diaryl/α,β-unsaturated/α-hetero) is 1. The minimum absolute atomic E-state index is 0.106. The number of nitrogens with zero attached hydrogens (tertiary/aromatic N) is 3. The molecular formula is C22H15N3O5. The molecule has 0 radical (unpaired) electrons. The zero-order chi connectivity index (χ0) is 21.3. The number of ketones is 1. The molecule has 8 heteroatoms. The quantitative estimate of drug-likeness (QED) is 0.235. The smallest absolute Gasteiger partial charge is 0.301 e. The van der Waals surface area contributed by atoms with E-state index in [-0.39, 0.29) is 22.6 Å². The summed E-state index contributed by atoms with van der Waals surface area (Å²) in [6, 6.07) is 18.0. The molecule has 0 unspecified atom stereocenters. The van der Waals surface area contributed by atoms with Gasteiger partial charge in [-0.15, -0.1) is 0 Å². The number of carbonyl (C=O) groups excluding carboxylic acids is 2. The van der Waals surface area contributed by atoms with Gasteiger partial charge in [0.15, 0.2) is 0 Å². The van der Waals surface area contributed by atoms with Gasteiger partial charge in [-0.1, -0.05) is 36.4 Å². The lowest BCUT2D eigenvalue weighted by molar-refractivity contribution is -0.384. The molecule has 8 nitrogen and oxygen atoms in total. The molecule has 30 heavy (non-hydrogen) atoms. The van der Waals surface area contributed by atoms with Crippen molar-refractivity contribution in [2.45, 2.75) is 6.04 Å². The third-order valence-electron chi connectivity index (χ3n) is 4.81. The largest absolute Gasteiger partial charge is 0.507 e. The molecule has 2 aromatic carbocycles. The van der Waals surface area contributed by atoms with Crippen LogP contribution in [0.15, 0.2) is 84.6 Å². The number of benzene rings is 2. The Morgan fingerprint density at radius 1 is 0.967 bits per heavy atom. The first-order chi connectivity index (χ1) is 14.5. The number of aliphatic hydroxyl groups is 1. The van der Waals surface area contributed by atoms with E-state index in [4.69, 9.17) is 0 Å². The number of hydrogen-bond donors (Lipinski definition) is 1. The van der Waals surface area contributed by atoms with Gasteiger partial charge in [-0.25, -0.2) is 4.98 Å². The number of rotatable bonds is 4. The molecule has 2 heterocycles. The van der Waals surface area contributed by atoms with Crippen LogP contribution in [0.2, 0.25) is 0 Å². The SMILES string of the molecule is O=C1C(=O)N(c2ccccn2)[C@@H](c2ccccc2)C1=C(O)c1ccc([N+](=O)[O-])cc1. The molecule has 1 fully saturated rings. The maximum Gasteiger partial charge on any atom is 0.301 e. The van der Waals surface area contributed by atoms with Gasteiger partial charge in [0.2, 0.25) is 0 Å². The second kappa shape index (κ2) is 7.59. The fourth-order valence-corrected chi connectivity index (χ4v) is 3.41. The molecule has 1 amide bonds. The van der Waals surface area contributed by atoms with Gasteiger partial charge in [0.1, 0.15) is 11.6 Å². The molecule has 1 N–H and O–H groups in total. The summed E-state index contributed by atoms with van der Waals surface area (Å²) in [5.74, 6) is -1.80. The van der Waals surface area contributed by atoms with Gasteiger partial charge in [-0.2, -0.15) is 0 Å². The summed E-state index contributed by atoms with van der Waals surface area (Å²) in [4.78, 5) is 41.6. The van der Waals surface area contributed by atoms with Gasteiger partial charge in [0.25, 0.3) is 11.5 Å². The zero-order valence-corrected chi connectivity index (χ0v) is 15.5. The number of nitro groups is 1. The lowest BCUT2D eigenvalue weighted by Crippen LogP contribution is -2.30. The third-order valence-corrected chi connectivity index (χ3v) is 4.81. The van der Waals surface area contributed by atoms with E-state index in [0.717, 1.165) is 0 Å². The number of non-ortho nitro benzene ring substituents is 1. The van der Waals surface area contributed by atoms with Crippen molar-refractivity contribution in [3.8, 4) is 0 Å². The number of hydrogen-bond acceptors (Lipinski definition) is 6. The van der Waals surface area contributed by atoms with Crippen molar-refractivity contribution in [2.24, 2.45) is 0 Å². The Balaban J connectivity index is 1.90. The topological polar surface area (TPSA) is 114 Å². The fraction of sp³-hybridized carbons (Fsp3) is 0.0455. The first-order valence-electron chi connectivity index (χ1n) is 9.01. The van der Waals surface area contributed by atoms with Crippen LogP contribution in [0, 0.1) is 10.1 Å². The molecule has 0 spiro atoms. The number of amides is 1. The van der Waals surface area contributed by atoms with Gasteiger partial charge in [0.05, 0.1) is 16.5 Å². The van der Waals surface area contributed by atoms with E-state index in [1.807, 2.05) is 0 Å². The molecule has 1 aliphatic rings. The van der Waals surface area contributed by atoms with Crippen LogP contribution in [0.5, 0.6) is 0 Å². The Kier molecular flexibility index (Phi) is 4.81. The molecule has 148 valence electrons. The first kappa shape index (κ1) is 19.0. The van der Waals surface area contributed by atoms with E-state index in [0.29, 0.717) is 5.56 Å². The van der Waals surface area contributed by atoms with E-state index < -0.39 is 28.4 Å². The normalized spacial score (nSPS) is 17.9. The number of anilines is 1. The summed E-state index contributed by atoms with van der Waals surface area (Å²) < 4.78 is 0. The van der Waals surface area contributed by atoms with Gasteiger partial charge in [-0.3, -0.25) is 24.6 Å². The van der Waals surface area contributed by atoms with Crippen LogP contribution in [0.25, 0.3) is 5.76 Å². The highest BCUT2D eigenvalue weighted by Crippen LogP contribution is 2.41. The predicted molar refractivity (Wildman–Crippen MR) is 109 cm³/mol. The molecule has 1 atom stereocenters. The van der Waals surface area contributed by atoms with Gasteiger partial charge in [0, 0.05) is 23.9 Å². The number of nitro benzene ring substituents is 1. The molecule has 1 saturated heterocycles. The van der Waals surface area contributed by atoms with E-state index in [1.54, 1.807) is 48.5 Å². The first-order valence-corrected chi connectivity index (χ1v) is 9.01. The molecule has 0 bridgehead atoms. The van der Waals surface area contributed by atoms with Crippen molar-refractivity contribution < 1.29 is 19.6 Å². The van der Waals surface area contributed by atoms with E-state index in [9.17, 15) is 24.8 Å². The van der Waals surface area contributed by atoms with Crippen molar-refractivity contribution in [1.82, 2.24) is 4.98 Å². The Morgan fingerprint density at radius 2 is 1.63 bits per heavy atom. The van der Waals surface area contributed by atoms with E-state index >= 15 is 0 Å². The number of carbonyl (C=O) groups is 2. The van der Waals surface area contributed by atoms with Crippen molar-refractivity contribution in [1.29, 1.82) is 0 Å². The lowest BCUT2D eigenvalue weighted by atomic mass is 9.95. The van der Waals surface area contributed by atoms with E-state index in [2.05, 4.69) is 4.98 Å².